The molecule has 2 aromatic heterocycles. The summed E-state index contributed by atoms with van der Waals surface area (Å²) >= 11 is 2.50. The van der Waals surface area contributed by atoms with E-state index < -0.39 is 47.1 Å². The topological polar surface area (TPSA) is 148 Å². The molecule has 4 heterocycles. The zero-order valence-electron chi connectivity index (χ0n) is 18.5. The van der Waals surface area contributed by atoms with Crippen molar-refractivity contribution < 1.29 is 32.7 Å². The molecule has 17 heteroatoms. The van der Waals surface area contributed by atoms with Crippen molar-refractivity contribution >= 4 is 41.3 Å². The quantitative estimate of drug-likeness (QED) is 0.388. The molecule has 35 heavy (non-hydrogen) atoms. The molecule has 2 amide bonds. The maximum absolute atomic E-state index is 13.0. The molecule has 2 aliphatic rings. The summed E-state index contributed by atoms with van der Waals surface area (Å²) in [5.74, 6) is -2.06. The Morgan fingerprint density at radius 3 is 2.69 bits per heavy atom. The number of halogens is 3. The molecule has 188 valence electrons. The second-order valence-corrected chi connectivity index (χ2v) is 9.86. The summed E-state index contributed by atoms with van der Waals surface area (Å²) in [5.41, 5.74) is -0.644. The van der Waals surface area contributed by atoms with Crippen molar-refractivity contribution in [1.29, 1.82) is 0 Å². The fourth-order valence-electron chi connectivity index (χ4n) is 3.69. The first-order valence-corrected chi connectivity index (χ1v) is 12.1. The minimum Gasteiger partial charge on any atom is -0.477 e. The van der Waals surface area contributed by atoms with Crippen molar-refractivity contribution in [2.45, 2.75) is 42.6 Å². The molecule has 3 atom stereocenters. The van der Waals surface area contributed by atoms with Crippen molar-refractivity contribution in [2.75, 3.05) is 11.5 Å². The van der Waals surface area contributed by atoms with E-state index in [1.54, 1.807) is 7.05 Å². The molecule has 1 fully saturated rings. The number of carboxylic acid groups (broad SMARTS) is 1. The number of thioether (sulfide) groups is 2. The van der Waals surface area contributed by atoms with E-state index in [0.29, 0.717) is 16.5 Å². The Kier molecular flexibility index (Phi) is 6.56. The van der Waals surface area contributed by atoms with Crippen molar-refractivity contribution in [3.8, 4) is 0 Å². The van der Waals surface area contributed by atoms with Gasteiger partial charge >= 0.3 is 12.1 Å². The molecule has 0 saturated carbocycles. The lowest BCUT2D eigenvalue weighted by atomic mass is 10.0. The fraction of sp³-hybridized carbons (Fsp3) is 0.500. The van der Waals surface area contributed by atoms with Gasteiger partial charge in [-0.15, -0.1) is 16.9 Å². The molecule has 1 saturated heterocycles. The molecule has 12 nitrogen and oxygen atoms in total. The number of β-lactam (4-membered cyclic amide) rings is 1. The third-order valence-electron chi connectivity index (χ3n) is 5.46. The molecule has 0 aliphatic carbocycles. The average molecular weight is 533 g/mol. The van der Waals surface area contributed by atoms with E-state index >= 15 is 0 Å². The maximum atomic E-state index is 13.0. The van der Waals surface area contributed by atoms with E-state index in [4.69, 9.17) is 0 Å². The van der Waals surface area contributed by atoms with Crippen molar-refractivity contribution in [2.24, 2.45) is 7.05 Å². The van der Waals surface area contributed by atoms with Crippen LogP contribution in [0.2, 0.25) is 0 Å². The highest BCUT2D eigenvalue weighted by Gasteiger charge is 2.54. The summed E-state index contributed by atoms with van der Waals surface area (Å²) in [6, 6.07) is -1.31. The number of carboxylic acids is 1. The number of aryl methyl sites for hydroxylation is 2. The Labute approximate surface area is 204 Å². The van der Waals surface area contributed by atoms with Gasteiger partial charge < -0.3 is 10.4 Å². The molecule has 2 aromatic rings. The van der Waals surface area contributed by atoms with Crippen LogP contribution in [0.15, 0.2) is 22.5 Å². The Balaban J connectivity index is 1.46. The van der Waals surface area contributed by atoms with Crippen LogP contribution in [0.4, 0.5) is 13.2 Å². The zero-order chi connectivity index (χ0) is 25.7. The molecular weight excluding hydrogens is 513 g/mol. The number of alkyl halides is 3. The summed E-state index contributed by atoms with van der Waals surface area (Å²) in [6.45, 7) is 2.75. The smallest absolute Gasteiger partial charge is 0.435 e. The SMILES string of the molecule is Cc1cc(C(F)(F)F)nn1[C@H](C)C(=O)N[C@@H]1C(=O)N2C(C(=O)O)=C(CSc3nnnn3C)CS[C@@H]12. The predicted octanol–water partition coefficient (Wildman–Crippen LogP) is 0.826. The summed E-state index contributed by atoms with van der Waals surface area (Å²) in [6.07, 6.45) is -4.66. The van der Waals surface area contributed by atoms with Crippen LogP contribution in [-0.4, -0.2) is 80.7 Å². The minimum atomic E-state index is -4.66. The molecular formula is C18H19F3N8O4S2. The van der Waals surface area contributed by atoms with Crippen LogP contribution in [-0.2, 0) is 27.6 Å². The summed E-state index contributed by atoms with van der Waals surface area (Å²) in [5, 5.41) is 26.6. The fourth-order valence-corrected chi connectivity index (χ4v) is 6.03. The van der Waals surface area contributed by atoms with Gasteiger partial charge in [-0.1, -0.05) is 11.8 Å². The number of aliphatic carboxylic acids is 1. The number of amides is 2. The normalized spacial score (nSPS) is 21.0. The lowest BCUT2D eigenvalue weighted by Crippen LogP contribution is -2.71. The van der Waals surface area contributed by atoms with Crippen LogP contribution in [0, 0.1) is 6.92 Å². The highest BCUT2D eigenvalue weighted by atomic mass is 32.2. The van der Waals surface area contributed by atoms with Crippen LogP contribution < -0.4 is 5.32 Å². The molecule has 0 bridgehead atoms. The second kappa shape index (κ2) is 9.18. The average Bonchev–Trinajstić information content (AvgIpc) is 3.39. The van der Waals surface area contributed by atoms with Gasteiger partial charge in [-0.05, 0) is 35.9 Å². The van der Waals surface area contributed by atoms with Gasteiger partial charge in [0.2, 0.25) is 11.1 Å². The first kappa shape index (κ1) is 25.0. The molecule has 4 rings (SSSR count). The van der Waals surface area contributed by atoms with Crippen molar-refractivity contribution in [3.05, 3.63) is 28.7 Å². The summed E-state index contributed by atoms with van der Waals surface area (Å²) in [4.78, 5) is 38.7. The number of hydrogen-bond donors (Lipinski definition) is 2. The Bertz CT molecular complexity index is 1230. The largest absolute Gasteiger partial charge is 0.477 e. The van der Waals surface area contributed by atoms with Gasteiger partial charge in [0.05, 0.1) is 0 Å². The minimum absolute atomic E-state index is 0.130. The number of fused-ring (bicyclic) bond motifs is 1. The molecule has 0 spiro atoms. The number of tetrazole rings is 1. The number of nitrogens with zero attached hydrogens (tertiary/aromatic N) is 7. The van der Waals surface area contributed by atoms with E-state index in [1.807, 2.05) is 0 Å². The summed E-state index contributed by atoms with van der Waals surface area (Å²) < 4.78 is 41.2. The summed E-state index contributed by atoms with van der Waals surface area (Å²) in [7, 11) is 1.64. The van der Waals surface area contributed by atoms with Gasteiger partial charge in [0.1, 0.15) is 23.2 Å². The van der Waals surface area contributed by atoms with Gasteiger partial charge in [0, 0.05) is 24.2 Å². The Morgan fingerprint density at radius 1 is 1.40 bits per heavy atom. The number of carbonyl (C=O) groups excluding carboxylic acids is 2. The number of nitrogens with one attached hydrogen (secondary N) is 1. The van der Waals surface area contributed by atoms with Crippen molar-refractivity contribution in [1.82, 2.24) is 40.2 Å². The van der Waals surface area contributed by atoms with Gasteiger partial charge in [-0.25, -0.2) is 9.48 Å². The first-order valence-electron chi connectivity index (χ1n) is 10.1. The van der Waals surface area contributed by atoms with E-state index in [2.05, 4.69) is 25.9 Å². The monoisotopic (exact) mass is 532 g/mol. The molecule has 2 aliphatic heterocycles. The Morgan fingerprint density at radius 2 is 2.11 bits per heavy atom. The molecule has 2 N–H and O–H groups in total. The van der Waals surface area contributed by atoms with E-state index in [0.717, 1.165) is 15.6 Å². The number of rotatable bonds is 7. The third-order valence-corrected chi connectivity index (χ3v) is 7.90. The standard InChI is InChI=1S/C18H19F3N8O4S2/c1-7-4-10(18(19,20)21)24-29(7)8(2)13(30)22-11-14(31)28-12(16(32)33)9(5-34-15(11)28)6-35-17-23-25-26-27(17)3/h4,8,11,15H,5-6H2,1-3H3,(H,22,30)(H,32,33)/t8-,11-,15+/m1/s1. The van der Waals surface area contributed by atoms with Crippen molar-refractivity contribution in [3.63, 3.8) is 0 Å². The first-order chi connectivity index (χ1) is 16.4. The van der Waals surface area contributed by atoms with Gasteiger partial charge in [0.25, 0.3) is 5.91 Å². The van der Waals surface area contributed by atoms with E-state index in [9.17, 15) is 32.7 Å². The second-order valence-electron chi connectivity index (χ2n) is 7.82. The molecule has 0 unspecified atom stereocenters. The highest BCUT2D eigenvalue weighted by molar-refractivity contribution is 8.01. The maximum Gasteiger partial charge on any atom is 0.435 e. The lowest BCUT2D eigenvalue weighted by Gasteiger charge is -2.49. The van der Waals surface area contributed by atoms with Gasteiger partial charge in [-0.3, -0.25) is 19.2 Å². The van der Waals surface area contributed by atoms with Crippen LogP contribution in [0.1, 0.15) is 24.4 Å². The third kappa shape index (κ3) is 4.61. The van der Waals surface area contributed by atoms with Crippen LogP contribution in [0.5, 0.6) is 0 Å². The lowest BCUT2D eigenvalue weighted by molar-refractivity contribution is -0.151. The van der Waals surface area contributed by atoms with Crippen LogP contribution in [0.3, 0.4) is 0 Å². The van der Waals surface area contributed by atoms with Crippen LogP contribution in [0.25, 0.3) is 0 Å². The van der Waals surface area contributed by atoms with E-state index in [1.165, 1.54) is 42.1 Å². The number of hydrogen-bond acceptors (Lipinski definition) is 9. The Hall–Kier alpha value is -3.08. The van der Waals surface area contributed by atoms with Gasteiger partial charge in [0.15, 0.2) is 5.69 Å². The highest BCUT2D eigenvalue weighted by Crippen LogP contribution is 2.41. The number of aromatic nitrogens is 6. The predicted molar refractivity (Wildman–Crippen MR) is 116 cm³/mol. The van der Waals surface area contributed by atoms with E-state index in [-0.39, 0.29) is 17.1 Å². The van der Waals surface area contributed by atoms with Crippen LogP contribution >= 0.6 is 23.5 Å². The molecule has 0 radical (unpaired) electrons. The zero-order valence-corrected chi connectivity index (χ0v) is 20.1. The molecule has 0 aromatic carbocycles. The number of carbonyl (C=O) groups is 3. The van der Waals surface area contributed by atoms with Gasteiger partial charge in [-0.2, -0.15) is 18.3 Å².